The van der Waals surface area contributed by atoms with Crippen molar-refractivity contribution in [3.63, 3.8) is 0 Å². The van der Waals surface area contributed by atoms with E-state index < -0.39 is 0 Å². The summed E-state index contributed by atoms with van der Waals surface area (Å²) in [4.78, 5) is 11.8. The van der Waals surface area contributed by atoms with Crippen molar-refractivity contribution in [3.8, 4) is 0 Å². The standard InChI is InChI=1S/C12H23NO2/c1-12(2,3)15-11(14)10-6-4-9(8-13)5-7-10/h9-10H,4-8,13H2,1-3H3. The first-order chi connectivity index (χ1) is 6.92. The van der Waals surface area contributed by atoms with Crippen LogP contribution in [0.1, 0.15) is 46.5 Å². The molecule has 0 bridgehead atoms. The first-order valence-electron chi connectivity index (χ1n) is 5.85. The van der Waals surface area contributed by atoms with Crippen molar-refractivity contribution in [2.24, 2.45) is 17.6 Å². The van der Waals surface area contributed by atoms with Gasteiger partial charge in [-0.3, -0.25) is 4.79 Å². The predicted octanol–water partition coefficient (Wildman–Crippen LogP) is 2.09. The zero-order chi connectivity index (χ0) is 11.5. The molecule has 0 aromatic rings. The van der Waals surface area contributed by atoms with Gasteiger partial charge in [0.15, 0.2) is 0 Å². The molecule has 0 aromatic heterocycles. The van der Waals surface area contributed by atoms with E-state index in [1.807, 2.05) is 20.8 Å². The SMILES string of the molecule is CC(C)(C)OC(=O)C1CCC(CN)CC1. The fraction of sp³-hybridized carbons (Fsp3) is 0.917. The molecule has 1 fully saturated rings. The maximum absolute atomic E-state index is 11.8. The summed E-state index contributed by atoms with van der Waals surface area (Å²) in [6.07, 6.45) is 4.02. The summed E-state index contributed by atoms with van der Waals surface area (Å²) >= 11 is 0. The molecule has 88 valence electrons. The van der Waals surface area contributed by atoms with Gasteiger partial charge in [0.2, 0.25) is 0 Å². The summed E-state index contributed by atoms with van der Waals surface area (Å²) in [6.45, 7) is 6.49. The van der Waals surface area contributed by atoms with E-state index in [9.17, 15) is 4.79 Å². The molecule has 3 nitrogen and oxygen atoms in total. The van der Waals surface area contributed by atoms with Crippen LogP contribution in [0.3, 0.4) is 0 Å². The molecule has 1 rings (SSSR count). The lowest BCUT2D eigenvalue weighted by molar-refractivity contribution is -0.161. The fourth-order valence-electron chi connectivity index (χ4n) is 2.02. The average molecular weight is 213 g/mol. The molecule has 3 heteroatoms. The predicted molar refractivity (Wildman–Crippen MR) is 60.3 cm³/mol. The molecule has 15 heavy (non-hydrogen) atoms. The van der Waals surface area contributed by atoms with Crippen molar-refractivity contribution < 1.29 is 9.53 Å². The highest BCUT2D eigenvalue weighted by Crippen LogP contribution is 2.29. The molecule has 0 aromatic carbocycles. The highest BCUT2D eigenvalue weighted by Gasteiger charge is 2.29. The number of nitrogens with two attached hydrogens (primary N) is 1. The molecule has 1 aliphatic rings. The van der Waals surface area contributed by atoms with Crippen LogP contribution in [0.4, 0.5) is 0 Å². The molecule has 1 saturated carbocycles. The van der Waals surface area contributed by atoms with Crippen LogP contribution in [0.15, 0.2) is 0 Å². The highest BCUT2D eigenvalue weighted by atomic mass is 16.6. The van der Waals surface area contributed by atoms with E-state index in [4.69, 9.17) is 10.5 Å². The van der Waals surface area contributed by atoms with Gasteiger partial charge in [-0.15, -0.1) is 0 Å². The Hall–Kier alpha value is -0.570. The average Bonchev–Trinajstić information content (AvgIpc) is 2.15. The zero-order valence-electron chi connectivity index (χ0n) is 10.1. The van der Waals surface area contributed by atoms with Crippen molar-refractivity contribution >= 4 is 5.97 Å². The number of hydrogen-bond donors (Lipinski definition) is 1. The summed E-state index contributed by atoms with van der Waals surface area (Å²) in [7, 11) is 0. The van der Waals surface area contributed by atoms with E-state index in [1.54, 1.807) is 0 Å². The topological polar surface area (TPSA) is 52.3 Å². The minimum Gasteiger partial charge on any atom is -0.460 e. The van der Waals surface area contributed by atoms with Gasteiger partial charge in [0.25, 0.3) is 0 Å². The molecule has 0 spiro atoms. The number of ether oxygens (including phenoxy) is 1. The zero-order valence-corrected chi connectivity index (χ0v) is 10.1. The molecule has 0 unspecified atom stereocenters. The summed E-state index contributed by atoms with van der Waals surface area (Å²) in [5, 5.41) is 0. The molecule has 0 saturated heterocycles. The Balaban J connectivity index is 2.37. The third-order valence-corrected chi connectivity index (χ3v) is 2.92. The van der Waals surface area contributed by atoms with Gasteiger partial charge in [-0.1, -0.05) is 0 Å². The maximum atomic E-state index is 11.8. The van der Waals surface area contributed by atoms with Crippen molar-refractivity contribution in [1.82, 2.24) is 0 Å². The van der Waals surface area contributed by atoms with E-state index in [0.29, 0.717) is 5.92 Å². The molecule has 0 atom stereocenters. The Morgan fingerprint density at radius 3 is 2.20 bits per heavy atom. The highest BCUT2D eigenvalue weighted by molar-refractivity contribution is 5.72. The first-order valence-corrected chi connectivity index (χ1v) is 5.85. The minimum atomic E-state index is -0.359. The monoisotopic (exact) mass is 213 g/mol. The van der Waals surface area contributed by atoms with Crippen LogP contribution in [0.25, 0.3) is 0 Å². The summed E-state index contributed by atoms with van der Waals surface area (Å²) in [6, 6.07) is 0. The second kappa shape index (κ2) is 4.97. The summed E-state index contributed by atoms with van der Waals surface area (Å²) < 4.78 is 5.38. The van der Waals surface area contributed by atoms with Crippen LogP contribution >= 0.6 is 0 Å². The lowest BCUT2D eigenvalue weighted by Gasteiger charge is -2.29. The summed E-state index contributed by atoms with van der Waals surface area (Å²) in [5.41, 5.74) is 5.25. The van der Waals surface area contributed by atoms with Gasteiger partial charge in [0.05, 0.1) is 5.92 Å². The van der Waals surface area contributed by atoms with Crippen LogP contribution in [0.5, 0.6) is 0 Å². The lowest BCUT2D eigenvalue weighted by Crippen LogP contribution is -2.32. The van der Waals surface area contributed by atoms with Crippen LogP contribution in [0, 0.1) is 11.8 Å². The molecular weight excluding hydrogens is 190 g/mol. The van der Waals surface area contributed by atoms with Crippen LogP contribution in [0.2, 0.25) is 0 Å². The van der Waals surface area contributed by atoms with E-state index >= 15 is 0 Å². The Labute approximate surface area is 92.4 Å². The van der Waals surface area contributed by atoms with Crippen LogP contribution in [-0.4, -0.2) is 18.1 Å². The minimum absolute atomic E-state index is 0.0297. The Kier molecular flexibility index (Phi) is 4.14. The number of esters is 1. The van der Waals surface area contributed by atoms with Gasteiger partial charge in [-0.25, -0.2) is 0 Å². The van der Waals surface area contributed by atoms with Crippen molar-refractivity contribution in [2.75, 3.05) is 6.54 Å². The normalized spacial score (nSPS) is 27.5. The van der Waals surface area contributed by atoms with Gasteiger partial charge < -0.3 is 10.5 Å². The van der Waals surface area contributed by atoms with E-state index in [0.717, 1.165) is 32.2 Å². The van der Waals surface area contributed by atoms with Gasteiger partial charge >= 0.3 is 5.97 Å². The smallest absolute Gasteiger partial charge is 0.309 e. The molecular formula is C12H23NO2. The van der Waals surface area contributed by atoms with E-state index in [1.165, 1.54) is 0 Å². The Morgan fingerprint density at radius 1 is 1.27 bits per heavy atom. The van der Waals surface area contributed by atoms with Crippen LogP contribution < -0.4 is 5.73 Å². The lowest BCUT2D eigenvalue weighted by atomic mass is 9.82. The van der Waals surface area contributed by atoms with Crippen molar-refractivity contribution in [1.29, 1.82) is 0 Å². The Morgan fingerprint density at radius 2 is 1.80 bits per heavy atom. The van der Waals surface area contributed by atoms with Crippen molar-refractivity contribution in [2.45, 2.75) is 52.1 Å². The number of hydrogen-bond acceptors (Lipinski definition) is 3. The van der Waals surface area contributed by atoms with E-state index in [-0.39, 0.29) is 17.5 Å². The first kappa shape index (κ1) is 12.5. The number of rotatable bonds is 2. The van der Waals surface area contributed by atoms with Crippen LogP contribution in [-0.2, 0) is 9.53 Å². The quantitative estimate of drug-likeness (QED) is 0.715. The van der Waals surface area contributed by atoms with Crippen molar-refractivity contribution in [3.05, 3.63) is 0 Å². The molecule has 0 aliphatic heterocycles. The van der Waals surface area contributed by atoms with Gasteiger partial charge in [0.1, 0.15) is 5.60 Å². The fourth-order valence-corrected chi connectivity index (χ4v) is 2.02. The molecule has 0 amide bonds. The maximum Gasteiger partial charge on any atom is 0.309 e. The van der Waals surface area contributed by atoms with Gasteiger partial charge in [0, 0.05) is 0 Å². The second-order valence-corrected chi connectivity index (χ2v) is 5.49. The molecule has 0 heterocycles. The molecule has 2 N–H and O–H groups in total. The Bertz CT molecular complexity index is 212. The largest absolute Gasteiger partial charge is 0.460 e. The third kappa shape index (κ3) is 4.20. The summed E-state index contributed by atoms with van der Waals surface area (Å²) in [5.74, 6) is 0.689. The molecule has 0 radical (unpaired) electrons. The van der Waals surface area contributed by atoms with E-state index in [2.05, 4.69) is 0 Å². The second-order valence-electron chi connectivity index (χ2n) is 5.49. The molecule has 1 aliphatic carbocycles. The number of carbonyl (C=O) groups is 1. The van der Waals surface area contributed by atoms with Gasteiger partial charge in [-0.2, -0.15) is 0 Å². The van der Waals surface area contributed by atoms with Gasteiger partial charge in [-0.05, 0) is 58.9 Å². The third-order valence-electron chi connectivity index (χ3n) is 2.92. The number of carbonyl (C=O) groups excluding carboxylic acids is 1.